The summed E-state index contributed by atoms with van der Waals surface area (Å²) in [6, 6.07) is 8.51. The number of carbonyl (C=O) groups excluding carboxylic acids is 1. The summed E-state index contributed by atoms with van der Waals surface area (Å²) in [4.78, 5) is 11.9. The van der Waals surface area contributed by atoms with Crippen molar-refractivity contribution in [2.24, 2.45) is 5.92 Å². The lowest BCUT2D eigenvalue weighted by Gasteiger charge is -2.29. The number of hydrogen-bond acceptors (Lipinski definition) is 1. The average Bonchev–Trinajstić information content (AvgIpc) is 2.33. The molecule has 1 aromatic rings. The second kappa shape index (κ2) is 5.48. The van der Waals surface area contributed by atoms with E-state index >= 15 is 0 Å². The van der Waals surface area contributed by atoms with Crippen LogP contribution in [0.1, 0.15) is 56.1 Å². The molecule has 0 heterocycles. The number of carbonyl (C=O) groups is 1. The Bertz CT molecular complexity index is 371. The molecule has 17 heavy (non-hydrogen) atoms. The Hall–Kier alpha value is -1.11. The maximum atomic E-state index is 11.9. The van der Waals surface area contributed by atoms with E-state index in [1.165, 1.54) is 43.2 Å². The van der Waals surface area contributed by atoms with Crippen molar-refractivity contribution >= 4 is 5.78 Å². The first-order chi connectivity index (χ1) is 8.18. The van der Waals surface area contributed by atoms with Gasteiger partial charge in [-0.05, 0) is 38.2 Å². The lowest BCUT2D eigenvalue weighted by molar-refractivity contribution is -0.119. The Morgan fingerprint density at radius 1 is 1.12 bits per heavy atom. The quantitative estimate of drug-likeness (QED) is 0.758. The molecule has 1 heteroatoms. The predicted octanol–water partition coefficient (Wildman–Crippen LogP) is 4.25. The lowest BCUT2D eigenvalue weighted by atomic mass is 9.75. The second-order valence-corrected chi connectivity index (χ2v) is 5.40. The molecule has 2 rings (SSSR count). The Balaban J connectivity index is 2.21. The van der Waals surface area contributed by atoms with Crippen molar-refractivity contribution in [1.82, 2.24) is 0 Å². The van der Waals surface area contributed by atoms with Crippen molar-refractivity contribution in [3.05, 3.63) is 35.4 Å². The maximum absolute atomic E-state index is 11.9. The normalized spacial score (nSPS) is 18.9. The zero-order valence-corrected chi connectivity index (χ0v) is 10.9. The molecule has 1 aliphatic carbocycles. The smallest absolute Gasteiger partial charge is 0.137 e. The number of benzene rings is 1. The zero-order valence-electron chi connectivity index (χ0n) is 10.9. The largest absolute Gasteiger partial charge is 0.299 e. The lowest BCUT2D eigenvalue weighted by Crippen LogP contribution is -2.22. The van der Waals surface area contributed by atoms with Gasteiger partial charge in [-0.2, -0.15) is 0 Å². The molecule has 0 aliphatic heterocycles. The van der Waals surface area contributed by atoms with Gasteiger partial charge >= 0.3 is 0 Å². The zero-order chi connectivity index (χ0) is 12.3. The summed E-state index contributed by atoms with van der Waals surface area (Å²) >= 11 is 0. The molecule has 0 spiro atoms. The first kappa shape index (κ1) is 12.3. The molecule has 1 nitrogen and oxygen atoms in total. The van der Waals surface area contributed by atoms with Crippen LogP contribution in [0, 0.1) is 12.8 Å². The van der Waals surface area contributed by atoms with Gasteiger partial charge in [-0.1, -0.05) is 49.1 Å². The van der Waals surface area contributed by atoms with Gasteiger partial charge in [0.1, 0.15) is 5.78 Å². The minimum absolute atomic E-state index is 0.135. The van der Waals surface area contributed by atoms with Gasteiger partial charge in [-0.25, -0.2) is 0 Å². The second-order valence-electron chi connectivity index (χ2n) is 5.40. The van der Waals surface area contributed by atoms with Crippen LogP contribution in [0.2, 0.25) is 0 Å². The molecular weight excluding hydrogens is 208 g/mol. The van der Waals surface area contributed by atoms with Crippen molar-refractivity contribution in [1.29, 1.82) is 0 Å². The van der Waals surface area contributed by atoms with E-state index < -0.39 is 0 Å². The number of hydrogen-bond donors (Lipinski definition) is 0. The van der Waals surface area contributed by atoms with Gasteiger partial charge in [0.25, 0.3) is 0 Å². The standard InChI is InChI=1S/C16H22O/c1-12-8-10-15(11-9-12)16(13(2)17)14-6-4-3-5-7-14/h8-11,14,16H,3-7H2,1-2H3. The van der Waals surface area contributed by atoms with Gasteiger partial charge in [-0.3, -0.25) is 4.79 Å². The van der Waals surface area contributed by atoms with Crippen LogP contribution in [0.4, 0.5) is 0 Å². The van der Waals surface area contributed by atoms with Gasteiger partial charge in [0.2, 0.25) is 0 Å². The van der Waals surface area contributed by atoms with Crippen molar-refractivity contribution in [3.8, 4) is 0 Å². The van der Waals surface area contributed by atoms with Crippen LogP contribution in [0.5, 0.6) is 0 Å². The molecule has 1 fully saturated rings. The van der Waals surface area contributed by atoms with Crippen LogP contribution in [0.15, 0.2) is 24.3 Å². The third-order valence-corrected chi connectivity index (χ3v) is 4.00. The molecule has 0 amide bonds. The highest BCUT2D eigenvalue weighted by Crippen LogP contribution is 2.36. The molecule has 1 aliphatic rings. The van der Waals surface area contributed by atoms with E-state index in [-0.39, 0.29) is 5.92 Å². The van der Waals surface area contributed by atoms with Crippen LogP contribution in [-0.4, -0.2) is 5.78 Å². The van der Waals surface area contributed by atoms with Crippen molar-refractivity contribution in [2.45, 2.75) is 51.9 Å². The van der Waals surface area contributed by atoms with Crippen molar-refractivity contribution in [3.63, 3.8) is 0 Å². The summed E-state index contributed by atoms with van der Waals surface area (Å²) < 4.78 is 0. The first-order valence-corrected chi connectivity index (χ1v) is 6.75. The fourth-order valence-corrected chi connectivity index (χ4v) is 3.08. The number of ketones is 1. The minimum atomic E-state index is 0.135. The Kier molecular flexibility index (Phi) is 3.98. The molecule has 0 radical (unpaired) electrons. The third kappa shape index (κ3) is 2.96. The average molecular weight is 230 g/mol. The summed E-state index contributed by atoms with van der Waals surface area (Å²) in [5.41, 5.74) is 2.48. The van der Waals surface area contributed by atoms with E-state index in [9.17, 15) is 4.79 Å². The van der Waals surface area contributed by atoms with E-state index in [4.69, 9.17) is 0 Å². The Morgan fingerprint density at radius 2 is 1.71 bits per heavy atom. The molecular formula is C16H22O. The highest BCUT2D eigenvalue weighted by atomic mass is 16.1. The highest BCUT2D eigenvalue weighted by molar-refractivity contribution is 5.83. The fourth-order valence-electron chi connectivity index (χ4n) is 3.08. The van der Waals surface area contributed by atoms with Gasteiger partial charge in [0.05, 0.1) is 0 Å². The molecule has 1 atom stereocenters. The van der Waals surface area contributed by atoms with Crippen LogP contribution < -0.4 is 0 Å². The van der Waals surface area contributed by atoms with Gasteiger partial charge in [0.15, 0.2) is 0 Å². The molecule has 1 saturated carbocycles. The summed E-state index contributed by atoms with van der Waals surface area (Å²) in [5.74, 6) is 1.04. The van der Waals surface area contributed by atoms with E-state index in [0.29, 0.717) is 11.7 Å². The van der Waals surface area contributed by atoms with E-state index in [1.54, 1.807) is 6.92 Å². The third-order valence-electron chi connectivity index (χ3n) is 4.00. The van der Waals surface area contributed by atoms with Crippen LogP contribution in [-0.2, 0) is 4.79 Å². The molecule has 1 aromatic carbocycles. The molecule has 0 aromatic heterocycles. The maximum Gasteiger partial charge on any atom is 0.137 e. The molecule has 92 valence electrons. The Morgan fingerprint density at radius 3 is 2.24 bits per heavy atom. The summed E-state index contributed by atoms with van der Waals surface area (Å²) in [5, 5.41) is 0. The number of aryl methyl sites for hydroxylation is 1. The monoisotopic (exact) mass is 230 g/mol. The summed E-state index contributed by atoms with van der Waals surface area (Å²) in [6.07, 6.45) is 6.37. The minimum Gasteiger partial charge on any atom is -0.299 e. The summed E-state index contributed by atoms with van der Waals surface area (Å²) in [6.45, 7) is 3.84. The molecule has 0 saturated heterocycles. The van der Waals surface area contributed by atoms with Gasteiger partial charge < -0.3 is 0 Å². The van der Waals surface area contributed by atoms with Crippen molar-refractivity contribution < 1.29 is 4.79 Å². The molecule has 0 bridgehead atoms. The number of Topliss-reactive ketones (excluding diaryl/α,β-unsaturated/α-hetero) is 1. The van der Waals surface area contributed by atoms with E-state index in [2.05, 4.69) is 31.2 Å². The van der Waals surface area contributed by atoms with E-state index in [0.717, 1.165) is 0 Å². The molecule has 1 unspecified atom stereocenters. The summed E-state index contributed by atoms with van der Waals surface area (Å²) in [7, 11) is 0. The fraction of sp³-hybridized carbons (Fsp3) is 0.562. The highest BCUT2D eigenvalue weighted by Gasteiger charge is 2.28. The van der Waals surface area contributed by atoms with E-state index in [1.807, 2.05) is 0 Å². The van der Waals surface area contributed by atoms with Crippen LogP contribution in [0.3, 0.4) is 0 Å². The van der Waals surface area contributed by atoms with Gasteiger partial charge in [-0.15, -0.1) is 0 Å². The van der Waals surface area contributed by atoms with Gasteiger partial charge in [0, 0.05) is 5.92 Å². The van der Waals surface area contributed by atoms with Crippen LogP contribution in [0.25, 0.3) is 0 Å². The predicted molar refractivity (Wildman–Crippen MR) is 71.2 cm³/mol. The number of rotatable bonds is 3. The first-order valence-electron chi connectivity index (χ1n) is 6.75. The topological polar surface area (TPSA) is 17.1 Å². The molecule has 0 N–H and O–H groups in total. The van der Waals surface area contributed by atoms with Crippen molar-refractivity contribution in [2.75, 3.05) is 0 Å². The Labute approximate surface area is 104 Å². The SMILES string of the molecule is CC(=O)C(c1ccc(C)cc1)C1CCCCC1. The van der Waals surface area contributed by atoms with Crippen LogP contribution >= 0.6 is 0 Å².